The monoisotopic (exact) mass is 275 g/mol. The average Bonchev–Trinajstić information content (AvgIpc) is 2.20. The lowest BCUT2D eigenvalue weighted by atomic mass is 10.2. The van der Waals surface area contributed by atoms with Crippen molar-refractivity contribution in [2.45, 2.75) is 51.9 Å². The minimum Gasteiger partial charge on any atom is -0.415 e. The van der Waals surface area contributed by atoms with Crippen LogP contribution in [0.2, 0.25) is 18.1 Å². The van der Waals surface area contributed by atoms with Gasteiger partial charge in [-0.3, -0.25) is 0 Å². The molecule has 0 bridgehead atoms. The maximum absolute atomic E-state index is 6.08. The van der Waals surface area contributed by atoms with Crippen LogP contribution in [0.4, 0.5) is 0 Å². The van der Waals surface area contributed by atoms with Crippen molar-refractivity contribution in [2.24, 2.45) is 4.99 Å². The summed E-state index contributed by atoms with van der Waals surface area (Å²) in [6.07, 6.45) is 0. The topological polar surface area (TPSA) is 30.8 Å². The number of aliphatic imine (C=N–C) groups is 1. The fourth-order valence-corrected chi connectivity index (χ4v) is 2.16. The Labute approximate surface area is 112 Å². The molecule has 0 aromatic heterocycles. The highest BCUT2D eigenvalue weighted by molar-refractivity contribution is 7.78. The molecule has 1 atom stereocenters. The summed E-state index contributed by atoms with van der Waals surface area (Å²) in [6, 6.07) is -0.0263. The van der Waals surface area contributed by atoms with Crippen LogP contribution in [0.5, 0.6) is 0 Å². The Bertz CT molecular complexity index is 270. The minimum absolute atomic E-state index is 0.0263. The van der Waals surface area contributed by atoms with E-state index in [9.17, 15) is 0 Å². The van der Waals surface area contributed by atoms with Crippen LogP contribution < -0.4 is 0 Å². The summed E-state index contributed by atoms with van der Waals surface area (Å²) in [5.41, 5.74) is 0. The molecule has 5 heteroatoms. The van der Waals surface area contributed by atoms with Gasteiger partial charge in [-0.15, -0.1) is 0 Å². The van der Waals surface area contributed by atoms with E-state index in [2.05, 4.69) is 56.2 Å². The van der Waals surface area contributed by atoms with Gasteiger partial charge in [0.15, 0.2) is 8.32 Å². The van der Waals surface area contributed by atoms with E-state index in [1.54, 1.807) is 0 Å². The summed E-state index contributed by atoms with van der Waals surface area (Å²) in [4.78, 5) is 4.08. The van der Waals surface area contributed by atoms with Gasteiger partial charge in [-0.2, -0.15) is 0 Å². The molecule has 0 spiro atoms. The van der Waals surface area contributed by atoms with Crippen molar-refractivity contribution in [1.29, 1.82) is 0 Å². The first kappa shape index (κ1) is 16.9. The molecule has 100 valence electrons. The number of isothiocyanates is 1. The third-order valence-corrected chi connectivity index (χ3v) is 7.80. The Morgan fingerprint density at radius 1 is 1.29 bits per heavy atom. The lowest BCUT2D eigenvalue weighted by molar-refractivity contribution is 0.113. The Hall–Kier alpha value is -0.0631. The fourth-order valence-electron chi connectivity index (χ4n) is 0.972. The van der Waals surface area contributed by atoms with Crippen molar-refractivity contribution < 1.29 is 9.16 Å². The molecule has 0 radical (unpaired) electrons. The van der Waals surface area contributed by atoms with Gasteiger partial charge in [0.25, 0.3) is 0 Å². The van der Waals surface area contributed by atoms with E-state index < -0.39 is 8.32 Å². The molecule has 17 heavy (non-hydrogen) atoms. The zero-order valence-electron chi connectivity index (χ0n) is 11.9. The number of rotatable bonds is 7. The van der Waals surface area contributed by atoms with Crippen LogP contribution in [-0.4, -0.2) is 39.3 Å². The third-order valence-electron chi connectivity index (χ3n) is 3.19. The van der Waals surface area contributed by atoms with Crippen LogP contribution in [0.1, 0.15) is 27.7 Å². The average molecular weight is 275 g/mol. The van der Waals surface area contributed by atoms with Crippen LogP contribution in [0.25, 0.3) is 0 Å². The predicted molar refractivity (Wildman–Crippen MR) is 78.5 cm³/mol. The highest BCUT2D eigenvalue weighted by atomic mass is 32.1. The molecule has 3 nitrogen and oxygen atoms in total. The van der Waals surface area contributed by atoms with Crippen molar-refractivity contribution in [3.63, 3.8) is 0 Å². The first-order chi connectivity index (χ1) is 7.74. The van der Waals surface area contributed by atoms with E-state index in [0.29, 0.717) is 19.8 Å². The van der Waals surface area contributed by atoms with Gasteiger partial charge in [0.2, 0.25) is 0 Å². The summed E-state index contributed by atoms with van der Waals surface area (Å²) in [5, 5.41) is 2.63. The van der Waals surface area contributed by atoms with Crippen LogP contribution in [0, 0.1) is 0 Å². The summed E-state index contributed by atoms with van der Waals surface area (Å²) in [5.74, 6) is 0. The predicted octanol–water partition coefficient (Wildman–Crippen LogP) is 3.52. The molecule has 0 aliphatic rings. The Kier molecular flexibility index (Phi) is 7.36. The van der Waals surface area contributed by atoms with Gasteiger partial charge in [-0.05, 0) is 37.3 Å². The summed E-state index contributed by atoms with van der Waals surface area (Å²) >= 11 is 4.64. The standard InChI is InChI=1S/C12H25NO2SSi/c1-7-14-8-11(13-10-16)9-15-17(5,6)12(2,3)4/h11H,7-9H2,1-6H3. The van der Waals surface area contributed by atoms with E-state index in [0.717, 1.165) is 0 Å². The van der Waals surface area contributed by atoms with E-state index in [1.165, 1.54) is 0 Å². The lowest BCUT2D eigenvalue weighted by Crippen LogP contribution is -2.43. The highest BCUT2D eigenvalue weighted by Crippen LogP contribution is 2.36. The minimum atomic E-state index is -1.71. The van der Waals surface area contributed by atoms with Crippen LogP contribution in [0.3, 0.4) is 0 Å². The van der Waals surface area contributed by atoms with Gasteiger partial charge in [-0.25, -0.2) is 4.99 Å². The molecule has 1 unspecified atom stereocenters. The third kappa shape index (κ3) is 6.43. The first-order valence-corrected chi connectivity index (χ1v) is 9.35. The molecule has 0 saturated heterocycles. The van der Waals surface area contributed by atoms with Gasteiger partial charge in [0, 0.05) is 6.61 Å². The SMILES string of the molecule is CCOCC(CO[Si](C)(C)C(C)(C)C)N=C=S. The molecule has 0 aromatic carbocycles. The summed E-state index contributed by atoms with van der Waals surface area (Å²) in [6.45, 7) is 14.9. The second kappa shape index (κ2) is 7.39. The van der Waals surface area contributed by atoms with Crippen molar-refractivity contribution >= 4 is 25.7 Å². The number of ether oxygens (including phenoxy) is 1. The molecule has 0 rings (SSSR count). The van der Waals surface area contributed by atoms with Gasteiger partial charge in [0.1, 0.15) is 6.04 Å². The normalized spacial score (nSPS) is 14.2. The zero-order chi connectivity index (χ0) is 13.5. The number of thiocarbonyl (C=S) groups is 1. The second-order valence-electron chi connectivity index (χ2n) is 5.60. The van der Waals surface area contributed by atoms with E-state index in [-0.39, 0.29) is 11.1 Å². The van der Waals surface area contributed by atoms with E-state index in [1.807, 2.05) is 6.92 Å². The van der Waals surface area contributed by atoms with Crippen molar-refractivity contribution in [2.75, 3.05) is 19.8 Å². The molecular weight excluding hydrogens is 250 g/mol. The molecule has 0 saturated carbocycles. The maximum atomic E-state index is 6.08. The van der Waals surface area contributed by atoms with Crippen molar-refractivity contribution in [3.8, 4) is 0 Å². The molecule has 0 amide bonds. The molecule has 0 N–H and O–H groups in total. The number of nitrogens with zero attached hydrogens (tertiary/aromatic N) is 1. The summed E-state index contributed by atoms with van der Waals surface area (Å²) in [7, 11) is -1.71. The molecular formula is C12H25NO2SSi. The van der Waals surface area contributed by atoms with Crippen LogP contribution >= 0.6 is 12.2 Å². The van der Waals surface area contributed by atoms with Crippen LogP contribution in [0.15, 0.2) is 4.99 Å². The Morgan fingerprint density at radius 3 is 2.29 bits per heavy atom. The highest BCUT2D eigenvalue weighted by Gasteiger charge is 2.37. The largest absolute Gasteiger partial charge is 0.415 e. The smallest absolute Gasteiger partial charge is 0.192 e. The molecule has 0 aromatic rings. The Balaban J connectivity index is 4.34. The quantitative estimate of drug-likeness (QED) is 0.405. The fraction of sp³-hybridized carbons (Fsp3) is 0.917. The second-order valence-corrected chi connectivity index (χ2v) is 10.6. The van der Waals surface area contributed by atoms with Gasteiger partial charge in [0.05, 0.1) is 18.4 Å². The van der Waals surface area contributed by atoms with E-state index >= 15 is 0 Å². The molecule has 0 fully saturated rings. The number of hydrogen-bond acceptors (Lipinski definition) is 4. The van der Waals surface area contributed by atoms with Crippen molar-refractivity contribution in [3.05, 3.63) is 0 Å². The van der Waals surface area contributed by atoms with Gasteiger partial charge >= 0.3 is 0 Å². The van der Waals surface area contributed by atoms with Gasteiger partial charge < -0.3 is 9.16 Å². The lowest BCUT2D eigenvalue weighted by Gasteiger charge is -2.36. The maximum Gasteiger partial charge on any atom is 0.192 e. The summed E-state index contributed by atoms with van der Waals surface area (Å²) < 4.78 is 11.4. The molecule has 0 aliphatic heterocycles. The first-order valence-electron chi connectivity index (χ1n) is 6.03. The zero-order valence-corrected chi connectivity index (χ0v) is 13.7. The molecule has 0 heterocycles. The number of hydrogen-bond donors (Lipinski definition) is 0. The van der Waals surface area contributed by atoms with Crippen LogP contribution in [-0.2, 0) is 9.16 Å². The van der Waals surface area contributed by atoms with Crippen molar-refractivity contribution in [1.82, 2.24) is 0 Å². The van der Waals surface area contributed by atoms with Gasteiger partial charge in [-0.1, -0.05) is 20.8 Å². The molecule has 0 aliphatic carbocycles. The Morgan fingerprint density at radius 2 is 1.88 bits per heavy atom. The van der Waals surface area contributed by atoms with E-state index in [4.69, 9.17) is 9.16 Å².